The van der Waals surface area contributed by atoms with E-state index in [1.807, 2.05) is 0 Å². The standard InChI is InChI=1S/C9H9NO3/c1-10-4-9(13)5-2-7(11)8(12)3-6(5)10/h2-3,9,13H,4H2,1H3/p+1/t9-/m1/s1. The van der Waals surface area contributed by atoms with Gasteiger partial charge >= 0.3 is 0 Å². The third kappa shape index (κ3) is 1.10. The van der Waals surface area contributed by atoms with Crippen LogP contribution in [0.2, 0.25) is 0 Å². The van der Waals surface area contributed by atoms with E-state index >= 15 is 0 Å². The summed E-state index contributed by atoms with van der Waals surface area (Å²) < 4.78 is 1.80. The molecule has 0 aromatic heterocycles. The van der Waals surface area contributed by atoms with E-state index in [9.17, 15) is 9.90 Å². The Bertz CT molecular complexity index is 376. The molecule has 0 saturated carbocycles. The van der Waals surface area contributed by atoms with Gasteiger partial charge < -0.3 is 10.2 Å². The third-order valence-electron chi connectivity index (χ3n) is 2.33. The lowest BCUT2D eigenvalue weighted by atomic mass is 10.00. The fourth-order valence-corrected chi connectivity index (χ4v) is 1.63. The van der Waals surface area contributed by atoms with E-state index in [0.717, 1.165) is 5.71 Å². The number of likely N-dealkylation sites (N-methyl/N-ethyl adjacent to an activating group) is 1. The summed E-state index contributed by atoms with van der Waals surface area (Å²) in [6, 6.07) is 0. The van der Waals surface area contributed by atoms with E-state index in [2.05, 4.69) is 0 Å². The molecular formula is C9H10NO3+. The number of fused-ring (bicyclic) bond motifs is 1. The normalized spacial score (nSPS) is 27.2. The number of carbonyl (C=O) groups is 1. The highest BCUT2D eigenvalue weighted by Gasteiger charge is 2.36. The minimum atomic E-state index is -0.617. The van der Waals surface area contributed by atoms with E-state index < -0.39 is 11.9 Å². The Hall–Kier alpha value is -1.42. The molecule has 4 heteroatoms. The Balaban J connectivity index is 2.52. The lowest BCUT2D eigenvalue weighted by Gasteiger charge is -2.04. The van der Waals surface area contributed by atoms with Gasteiger partial charge in [0, 0.05) is 6.08 Å². The number of allylic oxidation sites excluding steroid dienone is 2. The molecule has 1 atom stereocenters. The summed E-state index contributed by atoms with van der Waals surface area (Å²) in [6.07, 6.45) is 2.07. The van der Waals surface area contributed by atoms with E-state index in [0.29, 0.717) is 12.1 Å². The highest BCUT2D eigenvalue weighted by Crippen LogP contribution is 2.19. The zero-order valence-corrected chi connectivity index (χ0v) is 7.19. The summed E-state index contributed by atoms with van der Waals surface area (Å²) in [4.78, 5) is 11.1. The number of nitrogens with zero attached hydrogens (tertiary/aromatic N) is 1. The Morgan fingerprint density at radius 3 is 2.92 bits per heavy atom. The van der Waals surface area contributed by atoms with E-state index in [1.165, 1.54) is 12.2 Å². The number of β-amino-alcohol motifs (C(OH)–C–C–N with tert-alkyl or cyclic N) is 1. The maximum atomic E-state index is 11.1. The predicted octanol–water partition coefficient (Wildman–Crippen LogP) is -0.605. The van der Waals surface area contributed by atoms with Crippen LogP contribution in [0.5, 0.6) is 0 Å². The second-order valence-corrected chi connectivity index (χ2v) is 3.28. The van der Waals surface area contributed by atoms with Crippen molar-refractivity contribution < 1.29 is 19.6 Å². The van der Waals surface area contributed by atoms with Crippen molar-refractivity contribution in [3.63, 3.8) is 0 Å². The highest BCUT2D eigenvalue weighted by molar-refractivity contribution is 6.20. The van der Waals surface area contributed by atoms with Gasteiger partial charge in [0.1, 0.15) is 13.2 Å². The van der Waals surface area contributed by atoms with Crippen molar-refractivity contribution in [3.8, 4) is 0 Å². The smallest absolute Gasteiger partial charge is 0.220 e. The Labute approximate surface area is 75.1 Å². The molecule has 2 rings (SSSR count). The quantitative estimate of drug-likeness (QED) is 0.386. The van der Waals surface area contributed by atoms with Crippen LogP contribution in [-0.4, -0.2) is 46.0 Å². The molecule has 1 aliphatic carbocycles. The number of aliphatic hydroxyl groups is 2. The van der Waals surface area contributed by atoms with Crippen molar-refractivity contribution >= 4 is 11.5 Å². The molecule has 0 spiro atoms. The molecule has 0 aromatic rings. The van der Waals surface area contributed by atoms with Crippen LogP contribution >= 0.6 is 0 Å². The van der Waals surface area contributed by atoms with Crippen LogP contribution in [-0.2, 0) is 4.79 Å². The molecule has 0 aromatic carbocycles. The van der Waals surface area contributed by atoms with Gasteiger partial charge in [0.15, 0.2) is 12.3 Å². The van der Waals surface area contributed by atoms with Crippen molar-refractivity contribution in [2.24, 2.45) is 0 Å². The third-order valence-corrected chi connectivity index (χ3v) is 2.33. The largest absolute Gasteiger partial charge is 0.504 e. The van der Waals surface area contributed by atoms with Gasteiger partial charge in [-0.05, 0) is 0 Å². The highest BCUT2D eigenvalue weighted by atomic mass is 16.3. The summed E-state index contributed by atoms with van der Waals surface area (Å²) in [6.45, 7) is 0.470. The second kappa shape index (κ2) is 2.53. The molecule has 13 heavy (non-hydrogen) atoms. The summed E-state index contributed by atoms with van der Waals surface area (Å²) in [5.74, 6) is -0.701. The molecule has 4 nitrogen and oxygen atoms in total. The average Bonchev–Trinajstić information content (AvgIpc) is 2.31. The number of hydrogen-bond donors (Lipinski definition) is 2. The fraction of sp³-hybridized carbons (Fsp3) is 0.333. The summed E-state index contributed by atoms with van der Waals surface area (Å²) >= 11 is 0. The lowest BCUT2D eigenvalue weighted by Crippen LogP contribution is -2.18. The first-order valence-corrected chi connectivity index (χ1v) is 4.02. The number of ketones is 1. The van der Waals surface area contributed by atoms with Crippen LogP contribution in [0, 0.1) is 0 Å². The van der Waals surface area contributed by atoms with E-state index in [-0.39, 0.29) is 5.76 Å². The second-order valence-electron chi connectivity index (χ2n) is 3.28. The van der Waals surface area contributed by atoms with E-state index in [4.69, 9.17) is 5.11 Å². The molecule has 0 bridgehead atoms. The zero-order valence-electron chi connectivity index (χ0n) is 7.19. The maximum absolute atomic E-state index is 11.1. The zero-order chi connectivity index (χ0) is 9.59. The minimum Gasteiger partial charge on any atom is -0.504 e. The molecule has 68 valence electrons. The molecule has 0 saturated heterocycles. The minimum absolute atomic E-state index is 0.264. The lowest BCUT2D eigenvalue weighted by molar-refractivity contribution is -0.494. The molecule has 0 amide bonds. The molecule has 0 unspecified atom stereocenters. The first-order chi connectivity index (χ1) is 6.09. The molecule has 0 radical (unpaired) electrons. The Morgan fingerprint density at radius 1 is 1.54 bits per heavy atom. The van der Waals surface area contributed by atoms with Crippen molar-refractivity contribution in [1.82, 2.24) is 0 Å². The van der Waals surface area contributed by atoms with Gasteiger partial charge in [0.05, 0.1) is 11.6 Å². The number of carbonyl (C=O) groups excluding carboxylic acids is 1. The topological polar surface area (TPSA) is 60.5 Å². The number of rotatable bonds is 0. The van der Waals surface area contributed by atoms with Crippen molar-refractivity contribution in [3.05, 3.63) is 23.5 Å². The van der Waals surface area contributed by atoms with Crippen molar-refractivity contribution in [2.45, 2.75) is 6.10 Å². The van der Waals surface area contributed by atoms with Crippen molar-refractivity contribution in [2.75, 3.05) is 13.6 Å². The Morgan fingerprint density at radius 2 is 2.23 bits per heavy atom. The maximum Gasteiger partial charge on any atom is 0.220 e. The first kappa shape index (κ1) is 8.19. The van der Waals surface area contributed by atoms with Crippen LogP contribution < -0.4 is 0 Å². The van der Waals surface area contributed by atoms with Crippen LogP contribution in [0.15, 0.2) is 23.5 Å². The average molecular weight is 180 g/mol. The molecule has 0 fully saturated rings. The number of hydrogen-bond acceptors (Lipinski definition) is 3. The molecule has 1 heterocycles. The van der Waals surface area contributed by atoms with Crippen LogP contribution in [0.1, 0.15) is 0 Å². The van der Waals surface area contributed by atoms with Gasteiger partial charge in [-0.15, -0.1) is 0 Å². The van der Waals surface area contributed by atoms with Crippen LogP contribution in [0.4, 0.5) is 0 Å². The molecular weight excluding hydrogens is 170 g/mol. The van der Waals surface area contributed by atoms with E-state index in [1.54, 1.807) is 11.6 Å². The SMILES string of the molecule is C[N+]1=C2C=C(O)C(=O)C=C2[C@H](O)C1. The molecule has 1 aliphatic heterocycles. The summed E-state index contributed by atoms with van der Waals surface area (Å²) in [5.41, 5.74) is 1.33. The fourth-order valence-electron chi connectivity index (χ4n) is 1.63. The van der Waals surface area contributed by atoms with Crippen LogP contribution in [0.3, 0.4) is 0 Å². The van der Waals surface area contributed by atoms with Gasteiger partial charge in [0.25, 0.3) is 0 Å². The number of aliphatic hydroxyl groups excluding tert-OH is 2. The van der Waals surface area contributed by atoms with Gasteiger partial charge in [-0.2, -0.15) is 0 Å². The monoisotopic (exact) mass is 180 g/mol. The van der Waals surface area contributed by atoms with Crippen molar-refractivity contribution in [1.29, 1.82) is 0 Å². The first-order valence-electron chi connectivity index (χ1n) is 4.02. The summed E-state index contributed by atoms with van der Waals surface area (Å²) in [5, 5.41) is 18.7. The predicted molar refractivity (Wildman–Crippen MR) is 45.9 cm³/mol. The van der Waals surface area contributed by atoms with Crippen LogP contribution in [0.25, 0.3) is 0 Å². The summed E-state index contributed by atoms with van der Waals surface area (Å²) in [7, 11) is 1.80. The Kier molecular flexibility index (Phi) is 1.60. The van der Waals surface area contributed by atoms with Gasteiger partial charge in [0.2, 0.25) is 11.5 Å². The van der Waals surface area contributed by atoms with Gasteiger partial charge in [-0.25, -0.2) is 4.58 Å². The van der Waals surface area contributed by atoms with Gasteiger partial charge in [-0.1, -0.05) is 0 Å². The molecule has 2 aliphatic rings. The van der Waals surface area contributed by atoms with Gasteiger partial charge in [-0.3, -0.25) is 4.79 Å². The molecule has 2 N–H and O–H groups in total.